The summed E-state index contributed by atoms with van der Waals surface area (Å²) in [6.45, 7) is 1.59. The number of rotatable bonds is 4. The maximum Gasteiger partial charge on any atom is 0.330 e. The van der Waals surface area contributed by atoms with Crippen LogP contribution >= 0.6 is 0 Å². The Hall–Kier alpha value is -1.98. The lowest BCUT2D eigenvalue weighted by Gasteiger charge is -2.22. The van der Waals surface area contributed by atoms with E-state index in [1.165, 1.54) is 7.11 Å². The van der Waals surface area contributed by atoms with Gasteiger partial charge in [0.25, 0.3) is 0 Å². The van der Waals surface area contributed by atoms with Crippen LogP contribution in [0.1, 0.15) is 12.5 Å². The molecule has 5 heteroatoms. The Bertz CT molecular complexity index is 651. The van der Waals surface area contributed by atoms with E-state index in [0.717, 1.165) is 4.90 Å². The molecule has 2 aromatic rings. The van der Waals surface area contributed by atoms with E-state index in [2.05, 4.69) is 0 Å². The minimum absolute atomic E-state index is 0.514. The molecule has 2 atom stereocenters. The van der Waals surface area contributed by atoms with Crippen LogP contribution in [0.15, 0.2) is 64.4 Å². The largest absolute Gasteiger partial charge is 0.467 e. The molecule has 0 saturated heterocycles. The van der Waals surface area contributed by atoms with Gasteiger partial charge in [-0.3, -0.25) is 0 Å². The predicted octanol–water partition coefficient (Wildman–Crippen LogP) is 2.20. The zero-order valence-electron chi connectivity index (χ0n) is 11.9. The molecule has 4 nitrogen and oxygen atoms in total. The molecule has 0 bridgehead atoms. The Kier molecular flexibility index (Phi) is 4.55. The number of hydrogen-bond acceptors (Lipinski definition) is 4. The lowest BCUT2D eigenvalue weighted by Crippen LogP contribution is -2.42. The van der Waals surface area contributed by atoms with E-state index in [0.29, 0.717) is 10.5 Å². The highest BCUT2D eigenvalue weighted by molar-refractivity contribution is 7.85. The molecule has 0 aliphatic heterocycles. The molecule has 2 unspecified atom stereocenters. The highest BCUT2D eigenvalue weighted by Gasteiger charge is 2.31. The van der Waals surface area contributed by atoms with Crippen molar-refractivity contribution in [2.45, 2.75) is 22.3 Å². The van der Waals surface area contributed by atoms with Gasteiger partial charge in [-0.25, -0.2) is 9.00 Å². The van der Waals surface area contributed by atoms with Crippen molar-refractivity contribution >= 4 is 16.8 Å². The average molecular weight is 303 g/mol. The number of esters is 1. The van der Waals surface area contributed by atoms with Crippen molar-refractivity contribution in [2.75, 3.05) is 7.11 Å². The number of nitrogens with two attached hydrogens (primary N) is 1. The molecule has 0 radical (unpaired) electrons. The average Bonchev–Trinajstić information content (AvgIpc) is 2.54. The maximum atomic E-state index is 12.4. The second kappa shape index (κ2) is 6.20. The van der Waals surface area contributed by atoms with Gasteiger partial charge >= 0.3 is 5.97 Å². The van der Waals surface area contributed by atoms with Crippen LogP contribution in [0.25, 0.3) is 0 Å². The predicted molar refractivity (Wildman–Crippen MR) is 81.1 cm³/mol. The topological polar surface area (TPSA) is 69.4 Å². The van der Waals surface area contributed by atoms with E-state index in [9.17, 15) is 9.00 Å². The van der Waals surface area contributed by atoms with Crippen LogP contribution < -0.4 is 5.73 Å². The minimum atomic E-state index is -1.25. The first kappa shape index (κ1) is 15.4. The van der Waals surface area contributed by atoms with Crippen molar-refractivity contribution in [3.05, 3.63) is 60.2 Å². The van der Waals surface area contributed by atoms with E-state index in [1.807, 2.05) is 30.3 Å². The van der Waals surface area contributed by atoms with Gasteiger partial charge in [-0.2, -0.15) is 0 Å². The third-order valence-electron chi connectivity index (χ3n) is 3.23. The van der Waals surface area contributed by atoms with Crippen LogP contribution in [0.5, 0.6) is 0 Å². The Morgan fingerprint density at radius 2 is 1.57 bits per heavy atom. The highest BCUT2D eigenvalue weighted by atomic mass is 32.2. The van der Waals surface area contributed by atoms with E-state index in [-0.39, 0.29) is 0 Å². The normalized spacial score (nSPS) is 15.0. The van der Waals surface area contributed by atoms with E-state index in [4.69, 9.17) is 10.5 Å². The zero-order chi connectivity index (χ0) is 15.5. The SMILES string of the molecule is COC(=O)C(C)(N)c1ccc(S(=O)c2ccccc2)cc1. The number of ether oxygens (including phenoxy) is 1. The molecule has 2 rings (SSSR count). The van der Waals surface area contributed by atoms with Crippen LogP contribution in [-0.4, -0.2) is 17.3 Å². The van der Waals surface area contributed by atoms with Gasteiger partial charge in [0.2, 0.25) is 0 Å². The van der Waals surface area contributed by atoms with Crippen molar-refractivity contribution in [3.8, 4) is 0 Å². The van der Waals surface area contributed by atoms with Gasteiger partial charge in [0.15, 0.2) is 0 Å². The minimum Gasteiger partial charge on any atom is -0.467 e. The van der Waals surface area contributed by atoms with E-state index >= 15 is 0 Å². The highest BCUT2D eigenvalue weighted by Crippen LogP contribution is 2.22. The molecule has 0 amide bonds. The molecule has 0 saturated carbocycles. The summed E-state index contributed by atoms with van der Waals surface area (Å²) in [6, 6.07) is 16.0. The molecular weight excluding hydrogens is 286 g/mol. The summed E-state index contributed by atoms with van der Waals surface area (Å²) in [5.74, 6) is -0.514. The van der Waals surface area contributed by atoms with E-state index < -0.39 is 22.3 Å². The molecule has 0 aliphatic carbocycles. The number of methoxy groups -OCH3 is 1. The lowest BCUT2D eigenvalue weighted by atomic mass is 9.93. The zero-order valence-corrected chi connectivity index (χ0v) is 12.7. The third kappa shape index (κ3) is 3.20. The molecule has 2 aromatic carbocycles. The van der Waals surface area contributed by atoms with Gasteiger partial charge in [0, 0.05) is 9.79 Å². The molecule has 21 heavy (non-hydrogen) atoms. The Morgan fingerprint density at radius 1 is 1.05 bits per heavy atom. The number of carbonyl (C=O) groups is 1. The van der Waals surface area contributed by atoms with Crippen LogP contribution in [-0.2, 0) is 25.9 Å². The number of carbonyl (C=O) groups excluding carboxylic acids is 1. The second-order valence-corrected chi connectivity index (χ2v) is 6.28. The van der Waals surface area contributed by atoms with Gasteiger partial charge in [0.05, 0.1) is 17.9 Å². The molecular formula is C16H17NO3S. The molecule has 110 valence electrons. The number of benzene rings is 2. The van der Waals surface area contributed by atoms with Gasteiger partial charge in [-0.05, 0) is 36.8 Å². The molecule has 0 aromatic heterocycles. The summed E-state index contributed by atoms with van der Waals surface area (Å²) >= 11 is 0. The summed E-state index contributed by atoms with van der Waals surface area (Å²) < 4.78 is 17.1. The van der Waals surface area contributed by atoms with Crippen molar-refractivity contribution in [1.29, 1.82) is 0 Å². The molecule has 0 spiro atoms. The van der Waals surface area contributed by atoms with Crippen LogP contribution in [0.2, 0.25) is 0 Å². The van der Waals surface area contributed by atoms with E-state index in [1.54, 1.807) is 31.2 Å². The fraction of sp³-hybridized carbons (Fsp3) is 0.188. The third-order valence-corrected chi connectivity index (χ3v) is 4.64. The fourth-order valence-corrected chi connectivity index (χ4v) is 2.99. The van der Waals surface area contributed by atoms with Crippen LogP contribution in [0.4, 0.5) is 0 Å². The van der Waals surface area contributed by atoms with Crippen LogP contribution in [0.3, 0.4) is 0 Å². The molecule has 0 fully saturated rings. The lowest BCUT2D eigenvalue weighted by molar-refractivity contribution is -0.146. The summed E-state index contributed by atoms with van der Waals surface area (Å²) in [5.41, 5.74) is 5.37. The standard InChI is InChI=1S/C16H17NO3S/c1-16(17,15(18)20-2)12-8-10-14(11-9-12)21(19)13-6-4-3-5-7-13/h3-11H,17H2,1-2H3. The molecule has 0 aliphatic rings. The van der Waals surface area contributed by atoms with Gasteiger partial charge in [-0.15, -0.1) is 0 Å². The summed E-state index contributed by atoms with van der Waals surface area (Å²) in [7, 11) is 0.0466. The summed E-state index contributed by atoms with van der Waals surface area (Å²) in [6.07, 6.45) is 0. The smallest absolute Gasteiger partial charge is 0.330 e. The van der Waals surface area contributed by atoms with Crippen molar-refractivity contribution in [2.24, 2.45) is 5.73 Å². The first-order chi connectivity index (χ1) is 9.96. The first-order valence-electron chi connectivity index (χ1n) is 6.41. The van der Waals surface area contributed by atoms with Crippen LogP contribution in [0, 0.1) is 0 Å². The summed E-state index contributed by atoms with van der Waals surface area (Å²) in [4.78, 5) is 13.1. The Labute approximate surface area is 126 Å². The quantitative estimate of drug-likeness (QED) is 0.879. The Balaban J connectivity index is 2.28. The van der Waals surface area contributed by atoms with Gasteiger partial charge < -0.3 is 10.5 Å². The van der Waals surface area contributed by atoms with Crippen molar-refractivity contribution in [1.82, 2.24) is 0 Å². The van der Waals surface area contributed by atoms with Crippen molar-refractivity contribution < 1.29 is 13.7 Å². The van der Waals surface area contributed by atoms with Gasteiger partial charge in [-0.1, -0.05) is 30.3 Å². The maximum absolute atomic E-state index is 12.4. The first-order valence-corrected chi connectivity index (χ1v) is 7.56. The monoisotopic (exact) mass is 303 g/mol. The second-order valence-electron chi connectivity index (χ2n) is 4.80. The Morgan fingerprint density at radius 3 is 2.10 bits per heavy atom. The van der Waals surface area contributed by atoms with Crippen molar-refractivity contribution in [3.63, 3.8) is 0 Å². The summed E-state index contributed by atoms with van der Waals surface area (Å²) in [5, 5.41) is 0. The fourth-order valence-electron chi connectivity index (χ4n) is 1.93. The molecule has 2 N–H and O–H groups in total. The molecule has 0 heterocycles. The number of hydrogen-bond donors (Lipinski definition) is 1. The van der Waals surface area contributed by atoms with Gasteiger partial charge in [0.1, 0.15) is 5.54 Å².